The molecular formula is C44H86NO9P. The molecule has 326 valence electrons. The molecule has 0 aromatic heterocycles. The maximum atomic E-state index is 12.6. The molecule has 0 rings (SSSR count). The Kier molecular flexibility index (Phi) is 39.9. The van der Waals surface area contributed by atoms with E-state index in [0.29, 0.717) is 13.0 Å². The van der Waals surface area contributed by atoms with Crippen LogP contribution in [0.3, 0.4) is 0 Å². The molecule has 0 heterocycles. The SMILES string of the molecule is CCCCCCCCCC/C=C\CCCCCCCCCCCC(=O)OC(COCCCCCCCCCCCCCC)COP(=O)(O)OCC(N)C(=O)O. The zero-order chi connectivity index (χ0) is 40.5. The molecule has 0 aromatic carbocycles. The van der Waals surface area contributed by atoms with Crippen LogP contribution in [0.5, 0.6) is 0 Å². The van der Waals surface area contributed by atoms with Crippen molar-refractivity contribution in [2.45, 2.75) is 231 Å². The number of allylic oxidation sites excluding steroid dienone is 2. The highest BCUT2D eigenvalue weighted by molar-refractivity contribution is 7.47. The normalized spacial score (nSPS) is 14.0. The van der Waals surface area contributed by atoms with E-state index in [9.17, 15) is 19.0 Å². The van der Waals surface area contributed by atoms with E-state index < -0.39 is 45.1 Å². The lowest BCUT2D eigenvalue weighted by molar-refractivity contribution is -0.154. The first-order valence-corrected chi connectivity index (χ1v) is 24.2. The average Bonchev–Trinajstić information content (AvgIpc) is 3.16. The molecule has 10 nitrogen and oxygen atoms in total. The van der Waals surface area contributed by atoms with Crippen molar-refractivity contribution in [3.05, 3.63) is 12.2 Å². The summed E-state index contributed by atoms with van der Waals surface area (Å²) >= 11 is 0. The molecule has 0 aliphatic heterocycles. The van der Waals surface area contributed by atoms with Crippen LogP contribution >= 0.6 is 7.82 Å². The summed E-state index contributed by atoms with van der Waals surface area (Å²) in [5.41, 5.74) is 5.35. The molecule has 0 saturated carbocycles. The van der Waals surface area contributed by atoms with Gasteiger partial charge in [-0.2, -0.15) is 0 Å². The molecule has 0 fully saturated rings. The standard InChI is InChI=1S/C44H86NO9P/c1-3-5-7-9-11-13-15-17-18-19-20-21-22-23-24-25-26-28-30-32-34-36-43(46)54-41(39-52-55(49,50)53-40-42(45)44(47)48)38-51-37-35-33-31-29-27-16-14-12-10-8-6-4-2/h19-20,41-42H,3-18,21-40,45H2,1-2H3,(H,47,48)(H,49,50)/b20-19-. The molecule has 0 bridgehead atoms. The topological polar surface area (TPSA) is 155 Å². The van der Waals surface area contributed by atoms with Gasteiger partial charge in [-0.3, -0.25) is 18.6 Å². The van der Waals surface area contributed by atoms with Crippen LogP contribution in [0.4, 0.5) is 0 Å². The Morgan fingerprint density at radius 1 is 0.564 bits per heavy atom. The molecule has 0 aliphatic carbocycles. The predicted molar refractivity (Wildman–Crippen MR) is 226 cm³/mol. The van der Waals surface area contributed by atoms with Crippen molar-refractivity contribution in [2.75, 3.05) is 26.4 Å². The third-order valence-electron chi connectivity index (χ3n) is 10.0. The number of esters is 1. The zero-order valence-electron chi connectivity index (χ0n) is 35.5. The number of unbranched alkanes of at least 4 members (excludes halogenated alkanes) is 28. The summed E-state index contributed by atoms with van der Waals surface area (Å²) in [6.45, 7) is 3.91. The van der Waals surface area contributed by atoms with Gasteiger partial charge < -0.3 is 25.2 Å². The molecule has 4 N–H and O–H groups in total. The monoisotopic (exact) mass is 804 g/mol. The lowest BCUT2D eigenvalue weighted by Crippen LogP contribution is -2.34. The Labute approximate surface area is 337 Å². The molecule has 11 heteroatoms. The minimum atomic E-state index is -4.61. The van der Waals surface area contributed by atoms with E-state index in [0.717, 1.165) is 38.5 Å². The fraction of sp³-hybridized carbons (Fsp3) is 0.909. The van der Waals surface area contributed by atoms with Gasteiger partial charge in [0.1, 0.15) is 12.1 Å². The van der Waals surface area contributed by atoms with Crippen LogP contribution in [-0.4, -0.2) is 60.5 Å². The molecule has 3 unspecified atom stereocenters. The maximum absolute atomic E-state index is 12.6. The number of aliphatic carboxylic acids is 1. The number of phosphoric ester groups is 1. The zero-order valence-corrected chi connectivity index (χ0v) is 36.4. The van der Waals surface area contributed by atoms with Gasteiger partial charge in [-0.05, 0) is 38.5 Å². The van der Waals surface area contributed by atoms with Crippen molar-refractivity contribution >= 4 is 19.8 Å². The lowest BCUT2D eigenvalue weighted by Gasteiger charge is -2.20. The number of hydrogen-bond donors (Lipinski definition) is 3. The molecule has 0 spiro atoms. The number of carboxylic acids is 1. The van der Waals surface area contributed by atoms with Gasteiger partial charge in [0.25, 0.3) is 0 Å². The van der Waals surface area contributed by atoms with Crippen LogP contribution in [-0.2, 0) is 32.7 Å². The number of ether oxygens (including phenoxy) is 2. The number of hydrogen-bond acceptors (Lipinski definition) is 8. The fourth-order valence-electron chi connectivity index (χ4n) is 6.48. The second kappa shape index (κ2) is 40.9. The maximum Gasteiger partial charge on any atom is 0.472 e. The van der Waals surface area contributed by atoms with E-state index in [-0.39, 0.29) is 13.0 Å². The van der Waals surface area contributed by atoms with Gasteiger partial charge >= 0.3 is 19.8 Å². The summed E-state index contributed by atoms with van der Waals surface area (Å²) < 4.78 is 33.3. The quantitative estimate of drug-likeness (QED) is 0.0235. The first-order chi connectivity index (χ1) is 26.7. The molecule has 3 atom stereocenters. The first-order valence-electron chi connectivity index (χ1n) is 22.7. The van der Waals surface area contributed by atoms with Gasteiger partial charge in [0.05, 0.1) is 19.8 Å². The van der Waals surface area contributed by atoms with Crippen LogP contribution in [0.25, 0.3) is 0 Å². The summed E-state index contributed by atoms with van der Waals surface area (Å²) in [5, 5.41) is 8.89. The summed E-state index contributed by atoms with van der Waals surface area (Å²) in [5.74, 6) is -1.77. The van der Waals surface area contributed by atoms with Gasteiger partial charge in [-0.25, -0.2) is 4.57 Å². The van der Waals surface area contributed by atoms with Crippen molar-refractivity contribution in [1.29, 1.82) is 0 Å². The Hall–Kier alpha value is -1.29. The number of carbonyl (C=O) groups excluding carboxylic acids is 1. The Morgan fingerprint density at radius 2 is 0.945 bits per heavy atom. The van der Waals surface area contributed by atoms with Crippen molar-refractivity contribution in [1.82, 2.24) is 0 Å². The van der Waals surface area contributed by atoms with Crippen molar-refractivity contribution in [3.8, 4) is 0 Å². The summed E-state index contributed by atoms with van der Waals surface area (Å²) in [7, 11) is -4.61. The highest BCUT2D eigenvalue weighted by atomic mass is 31.2. The van der Waals surface area contributed by atoms with E-state index in [1.807, 2.05) is 0 Å². The van der Waals surface area contributed by atoms with E-state index in [1.54, 1.807) is 0 Å². The van der Waals surface area contributed by atoms with Crippen LogP contribution in [0.15, 0.2) is 12.2 Å². The highest BCUT2D eigenvalue weighted by Gasteiger charge is 2.27. The third-order valence-corrected chi connectivity index (χ3v) is 11.0. The average molecular weight is 804 g/mol. The van der Waals surface area contributed by atoms with Crippen LogP contribution in [0, 0.1) is 0 Å². The molecule has 0 saturated heterocycles. The minimum Gasteiger partial charge on any atom is -0.480 e. The predicted octanol–water partition coefficient (Wildman–Crippen LogP) is 12.5. The number of rotatable bonds is 44. The van der Waals surface area contributed by atoms with Crippen LogP contribution < -0.4 is 5.73 Å². The summed E-state index contributed by atoms with van der Waals surface area (Å²) in [6.07, 6.45) is 42.6. The van der Waals surface area contributed by atoms with Gasteiger partial charge in [-0.1, -0.05) is 187 Å². The van der Waals surface area contributed by atoms with Crippen LogP contribution in [0.2, 0.25) is 0 Å². The third kappa shape index (κ3) is 40.7. The first kappa shape index (κ1) is 53.7. The van der Waals surface area contributed by atoms with Crippen molar-refractivity contribution < 1.29 is 42.7 Å². The fourth-order valence-corrected chi connectivity index (χ4v) is 7.26. The number of phosphoric acid groups is 1. The lowest BCUT2D eigenvalue weighted by atomic mass is 10.1. The molecule has 55 heavy (non-hydrogen) atoms. The van der Waals surface area contributed by atoms with Crippen LogP contribution in [0.1, 0.15) is 219 Å². The van der Waals surface area contributed by atoms with Gasteiger partial charge in [-0.15, -0.1) is 0 Å². The summed E-state index contributed by atoms with van der Waals surface area (Å²) in [4.78, 5) is 33.5. The molecular weight excluding hydrogens is 717 g/mol. The van der Waals surface area contributed by atoms with E-state index >= 15 is 0 Å². The Balaban J connectivity index is 4.14. The number of carboxylic acid groups (broad SMARTS) is 1. The minimum absolute atomic E-state index is 0.0218. The molecule has 0 aromatic rings. The van der Waals surface area contributed by atoms with Gasteiger partial charge in [0.15, 0.2) is 0 Å². The Bertz CT molecular complexity index is 935. The summed E-state index contributed by atoms with van der Waals surface area (Å²) in [6, 6.07) is -1.47. The second-order valence-electron chi connectivity index (χ2n) is 15.5. The number of nitrogens with two attached hydrogens (primary N) is 1. The van der Waals surface area contributed by atoms with E-state index in [1.165, 1.54) is 154 Å². The second-order valence-corrected chi connectivity index (χ2v) is 17.0. The van der Waals surface area contributed by atoms with Gasteiger partial charge in [0, 0.05) is 13.0 Å². The highest BCUT2D eigenvalue weighted by Crippen LogP contribution is 2.43. The molecule has 0 radical (unpaired) electrons. The van der Waals surface area contributed by atoms with Crippen molar-refractivity contribution in [2.24, 2.45) is 5.73 Å². The molecule has 0 amide bonds. The Morgan fingerprint density at radius 3 is 1.38 bits per heavy atom. The van der Waals surface area contributed by atoms with E-state index in [2.05, 4.69) is 26.0 Å². The number of carbonyl (C=O) groups is 2. The molecule has 0 aliphatic rings. The smallest absolute Gasteiger partial charge is 0.472 e. The van der Waals surface area contributed by atoms with Gasteiger partial charge in [0.2, 0.25) is 0 Å². The van der Waals surface area contributed by atoms with Crippen molar-refractivity contribution in [3.63, 3.8) is 0 Å². The largest absolute Gasteiger partial charge is 0.480 e. The van der Waals surface area contributed by atoms with E-state index in [4.69, 9.17) is 29.4 Å².